The molecule has 0 heterocycles. The zero-order chi connectivity index (χ0) is 16.5. The van der Waals surface area contributed by atoms with E-state index in [0.29, 0.717) is 12.8 Å². The summed E-state index contributed by atoms with van der Waals surface area (Å²) in [5.74, 6) is -7.59. The van der Waals surface area contributed by atoms with Crippen molar-refractivity contribution in [2.45, 2.75) is 36.6 Å². The fraction of sp³-hybridized carbons (Fsp3) is 0.538. The molecule has 0 radical (unpaired) electrons. The molecule has 0 saturated heterocycles. The maximum atomic E-state index is 13.6. The number of halogens is 4. The molecule has 2 rings (SSSR count). The monoisotopic (exact) mass is 340 g/mol. The molecule has 0 spiro atoms. The number of hydrogen-bond donors (Lipinski definition) is 2. The van der Waals surface area contributed by atoms with Gasteiger partial charge < -0.3 is 5.73 Å². The Hall–Kier alpha value is -1.19. The van der Waals surface area contributed by atoms with Crippen molar-refractivity contribution in [3.63, 3.8) is 0 Å². The average molecular weight is 340 g/mol. The van der Waals surface area contributed by atoms with E-state index in [1.807, 2.05) is 0 Å². The van der Waals surface area contributed by atoms with Crippen LogP contribution in [0.5, 0.6) is 0 Å². The molecule has 1 aliphatic rings. The van der Waals surface area contributed by atoms with Crippen molar-refractivity contribution in [2.24, 2.45) is 11.7 Å². The lowest BCUT2D eigenvalue weighted by Crippen LogP contribution is -2.45. The molecule has 22 heavy (non-hydrogen) atoms. The highest BCUT2D eigenvalue weighted by Gasteiger charge is 2.34. The molecule has 1 aliphatic carbocycles. The molecular formula is C13H16F4N2O2S. The number of sulfonamides is 1. The summed E-state index contributed by atoms with van der Waals surface area (Å²) < 4.78 is 80.1. The normalized spacial score (nSPS) is 22.8. The van der Waals surface area contributed by atoms with Crippen LogP contribution in [-0.2, 0) is 10.0 Å². The molecule has 3 N–H and O–H groups in total. The van der Waals surface area contributed by atoms with E-state index in [9.17, 15) is 26.0 Å². The highest BCUT2D eigenvalue weighted by Crippen LogP contribution is 2.28. The summed E-state index contributed by atoms with van der Waals surface area (Å²) in [5, 5.41) is 0. The number of rotatable bonds is 4. The Morgan fingerprint density at radius 2 is 1.64 bits per heavy atom. The van der Waals surface area contributed by atoms with Crippen LogP contribution in [0.3, 0.4) is 0 Å². The second-order valence-electron chi connectivity index (χ2n) is 5.31. The van der Waals surface area contributed by atoms with E-state index in [1.165, 1.54) is 0 Å². The van der Waals surface area contributed by atoms with Crippen LogP contribution < -0.4 is 10.5 Å². The molecular weight excluding hydrogens is 324 g/mol. The van der Waals surface area contributed by atoms with Crippen LogP contribution in [0, 0.1) is 29.2 Å². The fourth-order valence-corrected chi connectivity index (χ4v) is 4.18. The lowest BCUT2D eigenvalue weighted by Gasteiger charge is -2.31. The maximum Gasteiger partial charge on any atom is 0.246 e. The first kappa shape index (κ1) is 17.2. The first-order valence-electron chi connectivity index (χ1n) is 6.83. The van der Waals surface area contributed by atoms with Crippen LogP contribution in [0.25, 0.3) is 0 Å². The molecule has 0 bridgehead atoms. The fourth-order valence-electron chi connectivity index (χ4n) is 2.69. The van der Waals surface area contributed by atoms with Gasteiger partial charge in [0.15, 0.2) is 28.2 Å². The van der Waals surface area contributed by atoms with E-state index >= 15 is 0 Å². The van der Waals surface area contributed by atoms with Crippen molar-refractivity contribution in [1.29, 1.82) is 0 Å². The van der Waals surface area contributed by atoms with E-state index in [-0.39, 0.29) is 18.5 Å². The van der Waals surface area contributed by atoms with E-state index < -0.39 is 44.2 Å². The standard InChI is InChI=1S/C13H16F4N2O2S/c14-8-5-9(15)12(17)13(11(8)16)22(20,21)19-10-4-2-1-3-7(10)6-18/h5,7,10,19H,1-4,6,18H2. The van der Waals surface area contributed by atoms with Crippen molar-refractivity contribution in [3.05, 3.63) is 29.3 Å². The highest BCUT2D eigenvalue weighted by atomic mass is 32.2. The van der Waals surface area contributed by atoms with E-state index in [0.717, 1.165) is 12.8 Å². The Morgan fingerprint density at radius 3 is 2.18 bits per heavy atom. The van der Waals surface area contributed by atoms with Gasteiger partial charge in [0.2, 0.25) is 10.0 Å². The van der Waals surface area contributed by atoms with Gasteiger partial charge in [0.05, 0.1) is 0 Å². The number of hydrogen-bond acceptors (Lipinski definition) is 3. The molecule has 1 aromatic carbocycles. The molecule has 4 nitrogen and oxygen atoms in total. The van der Waals surface area contributed by atoms with Crippen molar-refractivity contribution in [3.8, 4) is 0 Å². The smallest absolute Gasteiger partial charge is 0.246 e. The third-order valence-corrected chi connectivity index (χ3v) is 5.37. The lowest BCUT2D eigenvalue weighted by atomic mass is 9.85. The number of nitrogens with two attached hydrogens (primary N) is 1. The highest BCUT2D eigenvalue weighted by molar-refractivity contribution is 7.89. The lowest BCUT2D eigenvalue weighted by molar-refractivity contribution is 0.295. The summed E-state index contributed by atoms with van der Waals surface area (Å²) >= 11 is 0. The van der Waals surface area contributed by atoms with Crippen LogP contribution in [0.4, 0.5) is 17.6 Å². The molecule has 1 saturated carbocycles. The van der Waals surface area contributed by atoms with Gasteiger partial charge in [0.1, 0.15) is 0 Å². The van der Waals surface area contributed by atoms with Crippen molar-refractivity contribution >= 4 is 10.0 Å². The summed E-state index contributed by atoms with van der Waals surface area (Å²) in [4.78, 5) is -1.63. The summed E-state index contributed by atoms with van der Waals surface area (Å²) in [6.45, 7) is 0.204. The first-order valence-corrected chi connectivity index (χ1v) is 8.31. The van der Waals surface area contributed by atoms with Gasteiger partial charge in [0, 0.05) is 12.1 Å². The van der Waals surface area contributed by atoms with Gasteiger partial charge in [-0.3, -0.25) is 0 Å². The number of nitrogens with one attached hydrogen (secondary N) is 1. The first-order chi connectivity index (χ1) is 10.3. The molecule has 0 amide bonds. The molecule has 2 atom stereocenters. The number of benzene rings is 1. The molecule has 0 aromatic heterocycles. The molecule has 1 fully saturated rings. The predicted octanol–water partition coefficient (Wildman–Crippen LogP) is 2.04. The second-order valence-corrected chi connectivity index (χ2v) is 6.96. The zero-order valence-electron chi connectivity index (χ0n) is 11.6. The van der Waals surface area contributed by atoms with Gasteiger partial charge in [-0.05, 0) is 25.3 Å². The SMILES string of the molecule is NCC1CCCCC1NS(=O)(=O)c1c(F)c(F)cc(F)c1F. The molecule has 124 valence electrons. The zero-order valence-corrected chi connectivity index (χ0v) is 12.4. The van der Waals surface area contributed by atoms with Crippen molar-refractivity contribution in [2.75, 3.05) is 6.54 Å². The minimum atomic E-state index is -4.74. The largest absolute Gasteiger partial charge is 0.330 e. The average Bonchev–Trinajstić information content (AvgIpc) is 2.45. The summed E-state index contributed by atoms with van der Waals surface area (Å²) in [6, 6.07) is -0.652. The Bertz CT molecular complexity index is 640. The maximum absolute atomic E-state index is 13.6. The quantitative estimate of drug-likeness (QED) is 0.651. The van der Waals surface area contributed by atoms with E-state index in [1.54, 1.807) is 0 Å². The van der Waals surface area contributed by atoms with Crippen LogP contribution in [0.2, 0.25) is 0 Å². The van der Waals surface area contributed by atoms with Crippen LogP contribution in [-0.4, -0.2) is 21.0 Å². The van der Waals surface area contributed by atoms with Gasteiger partial charge in [-0.15, -0.1) is 0 Å². The van der Waals surface area contributed by atoms with Gasteiger partial charge in [0.25, 0.3) is 0 Å². The molecule has 0 aliphatic heterocycles. The minimum Gasteiger partial charge on any atom is -0.330 e. The van der Waals surface area contributed by atoms with Crippen molar-refractivity contribution in [1.82, 2.24) is 4.72 Å². The van der Waals surface area contributed by atoms with Crippen LogP contribution in [0.15, 0.2) is 11.0 Å². The Kier molecular flexibility index (Phi) is 5.08. The van der Waals surface area contributed by atoms with Gasteiger partial charge in [-0.1, -0.05) is 12.8 Å². The molecule has 1 aromatic rings. The van der Waals surface area contributed by atoms with E-state index in [2.05, 4.69) is 4.72 Å². The third-order valence-electron chi connectivity index (χ3n) is 3.86. The second kappa shape index (κ2) is 6.51. The molecule has 2 unspecified atom stereocenters. The third kappa shape index (κ3) is 3.26. The predicted molar refractivity (Wildman–Crippen MR) is 71.4 cm³/mol. The Labute approximate surface area is 125 Å². The minimum absolute atomic E-state index is 0.0347. The van der Waals surface area contributed by atoms with E-state index in [4.69, 9.17) is 5.73 Å². The summed E-state index contributed by atoms with van der Waals surface area (Å²) in [7, 11) is -4.74. The Balaban J connectivity index is 2.39. The summed E-state index contributed by atoms with van der Waals surface area (Å²) in [5.41, 5.74) is 5.56. The van der Waals surface area contributed by atoms with Crippen LogP contribution >= 0.6 is 0 Å². The Morgan fingerprint density at radius 1 is 1.09 bits per heavy atom. The molecule has 9 heteroatoms. The topological polar surface area (TPSA) is 72.2 Å². The summed E-state index contributed by atoms with van der Waals surface area (Å²) in [6.07, 6.45) is 2.72. The van der Waals surface area contributed by atoms with Gasteiger partial charge in [-0.2, -0.15) is 0 Å². The van der Waals surface area contributed by atoms with Crippen LogP contribution in [0.1, 0.15) is 25.7 Å². The van der Waals surface area contributed by atoms with Gasteiger partial charge in [-0.25, -0.2) is 30.7 Å². The van der Waals surface area contributed by atoms with Gasteiger partial charge >= 0.3 is 0 Å². The van der Waals surface area contributed by atoms with Crippen molar-refractivity contribution < 1.29 is 26.0 Å².